The van der Waals surface area contributed by atoms with Gasteiger partial charge in [0.2, 0.25) is 0 Å². The van der Waals surface area contributed by atoms with Crippen LogP contribution in [-0.2, 0) is 6.54 Å². The Morgan fingerprint density at radius 3 is 2.54 bits per heavy atom. The second kappa shape index (κ2) is 11.6. The number of hydrogen-bond acceptors (Lipinski definition) is 8. The lowest BCUT2D eigenvalue weighted by Crippen LogP contribution is -2.42. The molecule has 6 aromatic rings. The number of benzene rings is 3. The summed E-state index contributed by atoms with van der Waals surface area (Å²) in [5.74, 6) is 0.297. The first-order valence-corrected chi connectivity index (χ1v) is 14.7. The Balaban J connectivity index is 1.18. The number of fused-ring (bicyclic) bond motifs is 1. The maximum absolute atomic E-state index is 13.7. The fourth-order valence-corrected chi connectivity index (χ4v) is 5.85. The number of aliphatic hydroxyl groups excluding tert-OH is 1. The summed E-state index contributed by atoms with van der Waals surface area (Å²) in [6, 6.07) is 21.0. The number of nitrogens with zero attached hydrogens (tertiary/aromatic N) is 5. The van der Waals surface area contributed by atoms with Crippen molar-refractivity contribution >= 4 is 22.8 Å². The summed E-state index contributed by atoms with van der Waals surface area (Å²) in [5.41, 5.74) is 2.77. The van der Waals surface area contributed by atoms with E-state index >= 15 is 0 Å². The minimum atomic E-state index is -0.929. The molecule has 1 atom stereocenters. The summed E-state index contributed by atoms with van der Waals surface area (Å²) >= 11 is 0. The number of rotatable bonds is 6. The van der Waals surface area contributed by atoms with Gasteiger partial charge < -0.3 is 15.4 Å². The molecule has 3 aromatic heterocycles. The molecule has 7 rings (SSSR count). The van der Waals surface area contributed by atoms with Gasteiger partial charge in [0.05, 0.1) is 23.0 Å². The molecular formula is C32H29N9O5. The average Bonchev–Trinajstić information content (AvgIpc) is 3.76. The molecular weight excluding hydrogens is 590 g/mol. The second-order valence-electron chi connectivity index (χ2n) is 11.2. The van der Waals surface area contributed by atoms with Gasteiger partial charge >= 0.3 is 17.4 Å². The summed E-state index contributed by atoms with van der Waals surface area (Å²) in [4.78, 5) is 60.3. The molecule has 14 nitrogen and oxygen atoms in total. The van der Waals surface area contributed by atoms with Crippen LogP contribution < -0.4 is 22.3 Å². The normalized spacial score (nSPS) is 15.0. The van der Waals surface area contributed by atoms with Gasteiger partial charge in [-0.05, 0) is 54.3 Å². The number of aliphatic hydroxyl groups is 1. The summed E-state index contributed by atoms with van der Waals surface area (Å²) < 4.78 is 1.85. The first-order chi connectivity index (χ1) is 22.2. The van der Waals surface area contributed by atoms with Gasteiger partial charge in [0.25, 0.3) is 5.56 Å². The molecule has 5 N–H and O–H groups in total. The summed E-state index contributed by atoms with van der Waals surface area (Å²) in [7, 11) is 0. The molecule has 4 heterocycles. The maximum Gasteiger partial charge on any atom is 0.361 e. The Bertz CT molecular complexity index is 2280. The van der Waals surface area contributed by atoms with Crippen LogP contribution in [0.3, 0.4) is 0 Å². The van der Waals surface area contributed by atoms with Gasteiger partial charge in [-0.2, -0.15) is 14.6 Å². The van der Waals surface area contributed by atoms with Crippen molar-refractivity contribution in [2.75, 3.05) is 18.4 Å². The van der Waals surface area contributed by atoms with Crippen LogP contribution in [0.2, 0.25) is 0 Å². The van der Waals surface area contributed by atoms with Gasteiger partial charge in [-0.25, -0.2) is 24.2 Å². The smallest absolute Gasteiger partial charge is 0.361 e. The number of aryl methyl sites for hydroxylation is 1. The lowest BCUT2D eigenvalue weighted by Gasteiger charge is -2.18. The molecule has 14 heteroatoms. The van der Waals surface area contributed by atoms with Gasteiger partial charge in [0.1, 0.15) is 0 Å². The van der Waals surface area contributed by atoms with Crippen LogP contribution in [0.25, 0.3) is 39.2 Å². The van der Waals surface area contributed by atoms with Crippen LogP contribution in [0.1, 0.15) is 17.7 Å². The van der Waals surface area contributed by atoms with E-state index in [0.717, 1.165) is 29.7 Å². The van der Waals surface area contributed by atoms with Crippen LogP contribution >= 0.6 is 0 Å². The van der Waals surface area contributed by atoms with Crippen LogP contribution in [0, 0.1) is 6.92 Å². The number of anilines is 1. The Morgan fingerprint density at radius 2 is 1.80 bits per heavy atom. The Kier molecular flexibility index (Phi) is 7.27. The predicted octanol–water partition coefficient (Wildman–Crippen LogP) is 2.58. The van der Waals surface area contributed by atoms with Crippen molar-refractivity contribution in [1.82, 2.24) is 39.4 Å². The fraction of sp³-hybridized carbons (Fsp3) is 0.188. The van der Waals surface area contributed by atoms with E-state index in [0.29, 0.717) is 46.1 Å². The third-order valence-corrected chi connectivity index (χ3v) is 8.08. The highest BCUT2D eigenvalue weighted by Crippen LogP contribution is 2.27. The molecule has 1 unspecified atom stereocenters. The van der Waals surface area contributed by atoms with Crippen LogP contribution in [0.15, 0.2) is 87.2 Å². The molecule has 0 bridgehead atoms. The third kappa shape index (κ3) is 5.35. The van der Waals surface area contributed by atoms with Crippen molar-refractivity contribution < 1.29 is 9.90 Å². The molecule has 232 valence electrons. The van der Waals surface area contributed by atoms with Gasteiger partial charge in [0, 0.05) is 30.9 Å². The Morgan fingerprint density at radius 1 is 1.00 bits per heavy atom. The zero-order valence-electron chi connectivity index (χ0n) is 24.7. The zero-order valence-corrected chi connectivity index (χ0v) is 24.7. The van der Waals surface area contributed by atoms with Crippen molar-refractivity contribution in [3.05, 3.63) is 115 Å². The average molecular weight is 620 g/mol. The number of likely N-dealkylation sites (tertiary alicyclic amines) is 1. The van der Waals surface area contributed by atoms with Crippen molar-refractivity contribution in [1.29, 1.82) is 0 Å². The molecule has 3 aromatic carbocycles. The number of amides is 1. The van der Waals surface area contributed by atoms with Gasteiger partial charge in [-0.3, -0.25) is 14.8 Å². The van der Waals surface area contributed by atoms with E-state index in [9.17, 15) is 24.3 Å². The van der Waals surface area contributed by atoms with E-state index in [-0.39, 0.29) is 17.1 Å². The van der Waals surface area contributed by atoms with Crippen LogP contribution in [0.4, 0.5) is 10.5 Å². The van der Waals surface area contributed by atoms with Crippen LogP contribution in [-0.4, -0.2) is 69.7 Å². The second-order valence-corrected chi connectivity index (χ2v) is 11.2. The highest BCUT2D eigenvalue weighted by molar-refractivity contribution is 5.92. The molecule has 1 amide bonds. The summed E-state index contributed by atoms with van der Waals surface area (Å²) in [6.07, 6.45) is 0.464. The summed E-state index contributed by atoms with van der Waals surface area (Å²) in [6.45, 7) is 3.83. The number of β-amino-alcohol motifs (C(OH)–C–C–N with tert-alkyl or cyclic N) is 1. The molecule has 0 aliphatic carbocycles. The SMILES string of the molecule is Cc1nn(-c2cccc(-c3nc(=O)[nH][nH]3)c2)c2c(=O)n(C(=O)Nc3ccc(-c4ccccc4CN4CCC(O)C4)cc3)c(=O)[nH]c12. The summed E-state index contributed by atoms with van der Waals surface area (Å²) in [5, 5.41) is 22.1. The van der Waals surface area contributed by atoms with E-state index in [4.69, 9.17) is 0 Å². The lowest BCUT2D eigenvalue weighted by atomic mass is 9.99. The first-order valence-electron chi connectivity index (χ1n) is 14.7. The highest BCUT2D eigenvalue weighted by Gasteiger charge is 2.23. The van der Waals surface area contributed by atoms with Gasteiger partial charge in [0.15, 0.2) is 11.3 Å². The zero-order chi connectivity index (χ0) is 31.9. The quantitative estimate of drug-likeness (QED) is 0.188. The number of nitrogens with one attached hydrogen (secondary N) is 4. The predicted molar refractivity (Wildman–Crippen MR) is 171 cm³/mol. The van der Waals surface area contributed by atoms with E-state index in [1.54, 1.807) is 43.3 Å². The van der Waals surface area contributed by atoms with Crippen molar-refractivity contribution in [3.63, 3.8) is 0 Å². The number of aromatic amines is 3. The molecule has 1 fully saturated rings. The van der Waals surface area contributed by atoms with Gasteiger partial charge in [-0.1, -0.05) is 48.5 Å². The number of H-pyrrole nitrogens is 3. The molecule has 1 saturated heterocycles. The Hall–Kier alpha value is -5.86. The van der Waals surface area contributed by atoms with Crippen LogP contribution in [0.5, 0.6) is 0 Å². The van der Waals surface area contributed by atoms with E-state index in [2.05, 4.69) is 41.5 Å². The molecule has 0 saturated carbocycles. The standard InChI is InChI=1S/C32H29N9O5/c1-18-26-27(41(38-18)23-7-4-6-20(15-23)28-35-30(44)37-36-28)29(43)40(32(46)34-26)31(45)33-22-11-9-19(10-12-22)25-8-3-2-5-21(25)16-39-14-13-24(42)17-39/h2-12,15,24,42H,13-14,16-17H2,1H3,(H,33,45)(H,34,46)(H2,35,36,37,44). The monoisotopic (exact) mass is 619 g/mol. The molecule has 1 aliphatic rings. The number of aromatic nitrogens is 7. The van der Waals surface area contributed by atoms with E-state index in [1.165, 1.54) is 4.68 Å². The molecule has 46 heavy (non-hydrogen) atoms. The third-order valence-electron chi connectivity index (χ3n) is 8.08. The van der Waals surface area contributed by atoms with E-state index in [1.807, 2.05) is 30.3 Å². The van der Waals surface area contributed by atoms with Crippen molar-refractivity contribution in [2.45, 2.75) is 26.0 Å². The van der Waals surface area contributed by atoms with Gasteiger partial charge in [-0.15, -0.1) is 0 Å². The van der Waals surface area contributed by atoms with Crippen molar-refractivity contribution in [2.24, 2.45) is 0 Å². The minimum absolute atomic E-state index is 0.00241. The lowest BCUT2D eigenvalue weighted by molar-refractivity contribution is 0.175. The number of carbonyl (C=O) groups excluding carboxylic acids is 1. The Labute approximate surface area is 260 Å². The first kappa shape index (κ1) is 28.9. The maximum atomic E-state index is 13.7. The number of carbonyl (C=O) groups is 1. The van der Waals surface area contributed by atoms with Crippen molar-refractivity contribution in [3.8, 4) is 28.2 Å². The van der Waals surface area contributed by atoms with E-state index < -0.39 is 23.0 Å². The topological polar surface area (TPSA) is 187 Å². The number of hydrogen-bond donors (Lipinski definition) is 5. The highest BCUT2D eigenvalue weighted by atomic mass is 16.3. The molecule has 0 radical (unpaired) electrons. The fourth-order valence-electron chi connectivity index (χ4n) is 5.85. The minimum Gasteiger partial charge on any atom is -0.392 e. The molecule has 1 aliphatic heterocycles. The largest absolute Gasteiger partial charge is 0.392 e. The molecule has 0 spiro atoms.